The predicted octanol–water partition coefficient (Wildman–Crippen LogP) is 1.79. The molecule has 1 aliphatic rings. The third kappa shape index (κ3) is 3.67. The van der Waals surface area contributed by atoms with Crippen LogP contribution in [0.4, 0.5) is 11.5 Å². The van der Waals surface area contributed by atoms with Gasteiger partial charge in [-0.2, -0.15) is 5.10 Å². The van der Waals surface area contributed by atoms with E-state index in [0.717, 1.165) is 67.0 Å². The summed E-state index contributed by atoms with van der Waals surface area (Å²) in [5.74, 6) is 1.45. The molecule has 0 aliphatic carbocycles. The van der Waals surface area contributed by atoms with Gasteiger partial charge in [0.25, 0.3) is 0 Å². The number of aromatic nitrogens is 7. The molecule has 29 heavy (non-hydrogen) atoms. The van der Waals surface area contributed by atoms with Gasteiger partial charge in [-0.3, -0.25) is 14.4 Å². The minimum Gasteiger partial charge on any atom is -0.379 e. The summed E-state index contributed by atoms with van der Waals surface area (Å²) >= 11 is 0. The van der Waals surface area contributed by atoms with Crippen molar-refractivity contribution in [1.29, 1.82) is 0 Å². The van der Waals surface area contributed by atoms with E-state index in [4.69, 9.17) is 4.74 Å². The van der Waals surface area contributed by atoms with Gasteiger partial charge in [-0.15, -0.1) is 0 Å². The van der Waals surface area contributed by atoms with Crippen molar-refractivity contribution in [2.24, 2.45) is 0 Å². The van der Waals surface area contributed by atoms with Crippen LogP contribution in [0.25, 0.3) is 16.9 Å². The van der Waals surface area contributed by atoms with Crippen LogP contribution in [-0.2, 0) is 11.3 Å². The van der Waals surface area contributed by atoms with E-state index in [0.29, 0.717) is 5.82 Å². The fraction of sp³-hybridized carbons (Fsp3) is 0.316. The molecule has 0 aromatic carbocycles. The van der Waals surface area contributed by atoms with Gasteiger partial charge < -0.3 is 10.1 Å². The molecular formula is C19H21N9O. The standard InChI is InChI=1S/C19H21N9O/c1-13-11-28-16(14-6-23-24-7-14)10-22-19(28)18(25-13)26-15-8-20-17(21-9-15)12-27-2-4-29-5-3-27/h6-11H,2-5,12H2,1H3,(H,23,24)(H,25,26). The number of H-pyrrole nitrogens is 1. The summed E-state index contributed by atoms with van der Waals surface area (Å²) in [5, 5.41) is 10.2. The highest BCUT2D eigenvalue weighted by Crippen LogP contribution is 2.25. The second-order valence-electron chi connectivity index (χ2n) is 6.96. The molecule has 5 heterocycles. The van der Waals surface area contributed by atoms with E-state index in [9.17, 15) is 0 Å². The quantitative estimate of drug-likeness (QED) is 0.530. The first kappa shape index (κ1) is 17.7. The highest BCUT2D eigenvalue weighted by molar-refractivity contribution is 5.73. The van der Waals surface area contributed by atoms with E-state index in [1.165, 1.54) is 0 Å². The van der Waals surface area contributed by atoms with E-state index >= 15 is 0 Å². The monoisotopic (exact) mass is 391 g/mol. The fourth-order valence-corrected chi connectivity index (χ4v) is 3.39. The van der Waals surface area contributed by atoms with Crippen molar-refractivity contribution < 1.29 is 4.74 Å². The summed E-state index contributed by atoms with van der Waals surface area (Å²) in [6, 6.07) is 0. The molecular weight excluding hydrogens is 370 g/mol. The predicted molar refractivity (Wildman–Crippen MR) is 107 cm³/mol. The number of aryl methyl sites for hydroxylation is 1. The number of hydrogen-bond acceptors (Lipinski definition) is 8. The molecule has 0 saturated carbocycles. The Labute approximate surface area is 167 Å². The molecule has 5 rings (SSSR count). The zero-order valence-corrected chi connectivity index (χ0v) is 16.0. The zero-order chi connectivity index (χ0) is 19.6. The topological polar surface area (TPSA) is 109 Å². The first-order chi connectivity index (χ1) is 14.3. The van der Waals surface area contributed by atoms with Gasteiger partial charge in [0, 0.05) is 31.0 Å². The van der Waals surface area contributed by atoms with Crippen LogP contribution < -0.4 is 5.32 Å². The number of nitrogens with one attached hydrogen (secondary N) is 2. The molecule has 0 spiro atoms. The van der Waals surface area contributed by atoms with E-state index in [-0.39, 0.29) is 0 Å². The lowest BCUT2D eigenvalue weighted by atomic mass is 10.3. The van der Waals surface area contributed by atoms with Gasteiger partial charge in [0.2, 0.25) is 0 Å². The molecule has 0 unspecified atom stereocenters. The zero-order valence-electron chi connectivity index (χ0n) is 16.0. The molecule has 0 radical (unpaired) electrons. The SMILES string of the molecule is Cc1cn2c(-c3cn[nH]c3)cnc2c(Nc2cnc(CN3CCOCC3)nc2)n1. The highest BCUT2D eigenvalue weighted by atomic mass is 16.5. The van der Waals surface area contributed by atoms with Crippen LogP contribution in [0.2, 0.25) is 0 Å². The van der Waals surface area contributed by atoms with Crippen molar-refractivity contribution in [3.05, 3.63) is 48.7 Å². The lowest BCUT2D eigenvalue weighted by Gasteiger charge is -2.25. The lowest BCUT2D eigenvalue weighted by Crippen LogP contribution is -2.36. The Morgan fingerprint density at radius 1 is 1.10 bits per heavy atom. The Bertz CT molecular complexity index is 1100. The highest BCUT2D eigenvalue weighted by Gasteiger charge is 2.14. The van der Waals surface area contributed by atoms with E-state index in [1.807, 2.05) is 29.9 Å². The third-order valence-electron chi connectivity index (χ3n) is 4.84. The first-order valence-electron chi connectivity index (χ1n) is 9.48. The Morgan fingerprint density at radius 2 is 1.93 bits per heavy atom. The van der Waals surface area contributed by atoms with Crippen molar-refractivity contribution in [3.8, 4) is 11.3 Å². The van der Waals surface area contributed by atoms with E-state index < -0.39 is 0 Å². The van der Waals surface area contributed by atoms with Crippen LogP contribution >= 0.6 is 0 Å². The lowest BCUT2D eigenvalue weighted by molar-refractivity contribution is 0.0330. The first-order valence-corrected chi connectivity index (χ1v) is 9.48. The molecule has 4 aromatic rings. The number of rotatable bonds is 5. The average Bonchev–Trinajstić information content (AvgIpc) is 3.40. The number of morpholine rings is 1. The largest absolute Gasteiger partial charge is 0.379 e. The number of fused-ring (bicyclic) bond motifs is 1. The minimum absolute atomic E-state index is 0.657. The van der Waals surface area contributed by atoms with Gasteiger partial charge in [0.05, 0.1) is 61.6 Å². The Hall–Kier alpha value is -3.37. The molecule has 0 bridgehead atoms. The summed E-state index contributed by atoms with van der Waals surface area (Å²) in [4.78, 5) is 20.4. The summed E-state index contributed by atoms with van der Waals surface area (Å²) in [7, 11) is 0. The van der Waals surface area contributed by atoms with Crippen molar-refractivity contribution in [2.45, 2.75) is 13.5 Å². The van der Waals surface area contributed by atoms with Crippen LogP contribution in [0.3, 0.4) is 0 Å². The molecule has 0 atom stereocenters. The minimum atomic E-state index is 0.657. The maximum atomic E-state index is 5.38. The number of aromatic amines is 1. The van der Waals surface area contributed by atoms with Gasteiger partial charge in [-0.25, -0.2) is 19.9 Å². The summed E-state index contributed by atoms with van der Waals surface area (Å²) in [5.41, 5.74) is 4.27. The van der Waals surface area contributed by atoms with Gasteiger partial charge >= 0.3 is 0 Å². The van der Waals surface area contributed by atoms with Crippen LogP contribution in [0.15, 0.2) is 37.2 Å². The third-order valence-corrected chi connectivity index (χ3v) is 4.84. The van der Waals surface area contributed by atoms with Crippen LogP contribution in [0, 0.1) is 6.92 Å². The average molecular weight is 391 g/mol. The second-order valence-corrected chi connectivity index (χ2v) is 6.96. The summed E-state index contributed by atoms with van der Waals surface area (Å²) < 4.78 is 7.38. The van der Waals surface area contributed by atoms with E-state index in [1.54, 1.807) is 18.6 Å². The normalized spacial score (nSPS) is 15.1. The second kappa shape index (κ2) is 7.57. The van der Waals surface area contributed by atoms with Gasteiger partial charge in [-0.05, 0) is 6.92 Å². The smallest absolute Gasteiger partial charge is 0.180 e. The number of ether oxygens (including phenoxy) is 1. The molecule has 1 saturated heterocycles. The van der Waals surface area contributed by atoms with Crippen LogP contribution in [0.1, 0.15) is 11.5 Å². The molecule has 148 valence electrons. The van der Waals surface area contributed by atoms with Crippen molar-refractivity contribution in [3.63, 3.8) is 0 Å². The molecule has 1 fully saturated rings. The fourth-order valence-electron chi connectivity index (χ4n) is 3.39. The number of anilines is 2. The molecule has 10 nitrogen and oxygen atoms in total. The van der Waals surface area contributed by atoms with Crippen molar-refractivity contribution in [2.75, 3.05) is 31.6 Å². The molecule has 4 aromatic heterocycles. The Kier molecular flexibility index (Phi) is 4.62. The Morgan fingerprint density at radius 3 is 2.69 bits per heavy atom. The molecule has 2 N–H and O–H groups in total. The van der Waals surface area contributed by atoms with Gasteiger partial charge in [0.1, 0.15) is 5.82 Å². The van der Waals surface area contributed by atoms with Gasteiger partial charge in [-0.1, -0.05) is 0 Å². The summed E-state index contributed by atoms with van der Waals surface area (Å²) in [6.45, 7) is 6.02. The van der Waals surface area contributed by atoms with Crippen molar-refractivity contribution >= 4 is 17.2 Å². The van der Waals surface area contributed by atoms with Crippen molar-refractivity contribution in [1.82, 2.24) is 39.4 Å². The van der Waals surface area contributed by atoms with E-state index in [2.05, 4.69) is 40.3 Å². The Balaban J connectivity index is 1.38. The maximum Gasteiger partial charge on any atom is 0.180 e. The molecule has 0 amide bonds. The number of imidazole rings is 1. The molecule has 1 aliphatic heterocycles. The molecule has 10 heteroatoms. The van der Waals surface area contributed by atoms with Gasteiger partial charge in [0.15, 0.2) is 11.5 Å². The maximum absolute atomic E-state index is 5.38. The van der Waals surface area contributed by atoms with Crippen LogP contribution in [-0.4, -0.2) is 65.7 Å². The number of nitrogens with zero attached hydrogens (tertiary/aromatic N) is 7. The van der Waals surface area contributed by atoms with Crippen LogP contribution in [0.5, 0.6) is 0 Å². The number of hydrogen-bond donors (Lipinski definition) is 2. The summed E-state index contributed by atoms with van der Waals surface area (Å²) in [6.07, 6.45) is 10.9.